The van der Waals surface area contributed by atoms with E-state index in [9.17, 15) is 20.6 Å². The Kier molecular flexibility index (Phi) is 6.29. The van der Waals surface area contributed by atoms with Gasteiger partial charge >= 0.3 is 0 Å². The Hall–Kier alpha value is -5.51. The molecule has 1 fully saturated rings. The maximum absolute atomic E-state index is 15.3. The number of rotatable bonds is 5. The average molecular weight is 614 g/mol. The normalized spacial score (nSPS) is 24.0. The first kappa shape index (κ1) is 28.3. The van der Waals surface area contributed by atoms with Crippen LogP contribution >= 0.6 is 11.6 Å². The van der Waals surface area contributed by atoms with Crippen LogP contribution in [0.3, 0.4) is 0 Å². The smallest absolute Gasteiger partial charge is 0.246 e. The Balaban J connectivity index is 1.56. The van der Waals surface area contributed by atoms with Crippen LogP contribution in [0.15, 0.2) is 103 Å². The second-order valence-corrected chi connectivity index (χ2v) is 12.1. The number of nitrogens with zero attached hydrogens (tertiary/aromatic N) is 5. The molecule has 1 saturated carbocycles. The molecule has 3 atom stereocenters. The van der Waals surface area contributed by atoms with Crippen LogP contribution in [-0.4, -0.2) is 22.8 Å². The van der Waals surface area contributed by atoms with Crippen LogP contribution in [0.5, 0.6) is 0 Å². The van der Waals surface area contributed by atoms with Gasteiger partial charge in [0.05, 0.1) is 31.6 Å². The zero-order chi connectivity index (χ0) is 31.6. The molecule has 0 bridgehead atoms. The van der Waals surface area contributed by atoms with Crippen LogP contribution in [0.4, 0.5) is 11.4 Å². The van der Waals surface area contributed by atoms with Crippen molar-refractivity contribution in [1.82, 2.24) is 0 Å². The van der Waals surface area contributed by atoms with E-state index in [2.05, 4.69) is 12.1 Å². The number of carbonyl (C=O) groups excluding carboxylic acids is 2. The van der Waals surface area contributed by atoms with E-state index in [1.807, 2.05) is 30.3 Å². The van der Waals surface area contributed by atoms with Crippen molar-refractivity contribution in [3.63, 3.8) is 0 Å². The molecular formula is C35H24ClN5O4. The third kappa shape index (κ3) is 3.47. The number of benzene rings is 4. The van der Waals surface area contributed by atoms with Crippen molar-refractivity contribution in [2.24, 2.45) is 5.41 Å². The van der Waals surface area contributed by atoms with Crippen LogP contribution in [0, 0.1) is 38.2 Å². The Morgan fingerprint density at radius 2 is 1.27 bits per heavy atom. The topological polar surface area (TPSA) is 131 Å². The van der Waals surface area contributed by atoms with Crippen LogP contribution < -0.4 is 9.80 Å². The highest BCUT2D eigenvalue weighted by Crippen LogP contribution is 2.72. The predicted molar refractivity (Wildman–Crippen MR) is 166 cm³/mol. The van der Waals surface area contributed by atoms with E-state index in [0.29, 0.717) is 22.0 Å². The molecule has 4 aromatic rings. The molecule has 9 nitrogen and oxygen atoms in total. The van der Waals surface area contributed by atoms with Crippen molar-refractivity contribution in [2.45, 2.75) is 36.4 Å². The summed E-state index contributed by atoms with van der Waals surface area (Å²) < 4.78 is 0. The van der Waals surface area contributed by atoms with Gasteiger partial charge in [0.1, 0.15) is 5.41 Å². The maximum Gasteiger partial charge on any atom is 0.246 e. The summed E-state index contributed by atoms with van der Waals surface area (Å²) in [4.78, 5) is 46.1. The summed E-state index contributed by atoms with van der Waals surface area (Å²) in [5.74, 6) is -1.38. The minimum atomic E-state index is -2.25. The van der Waals surface area contributed by atoms with E-state index >= 15 is 9.59 Å². The molecule has 0 radical (unpaired) electrons. The molecule has 2 heterocycles. The van der Waals surface area contributed by atoms with Gasteiger partial charge in [0.25, 0.3) is 0 Å². The molecule has 1 aliphatic carbocycles. The highest BCUT2D eigenvalue weighted by atomic mass is 35.5. The number of anilines is 2. The standard InChI is InChI=1S/C35H24ClN5O4/c36-25-16-14-24(15-17-25)20-40-29-13-7-5-11-27(29)35(32(40)43)33(21-37,22-38)18-30(41(44)45)34(35)26-10-4-6-12-28(26)39(31(34)42)19-23-8-2-1-3-9-23/h1-17,30H,18-20H2. The summed E-state index contributed by atoms with van der Waals surface area (Å²) >= 11 is 6.12. The fourth-order valence-corrected chi connectivity index (χ4v) is 8.09. The van der Waals surface area contributed by atoms with E-state index in [1.54, 1.807) is 72.8 Å². The first-order valence-electron chi connectivity index (χ1n) is 14.3. The second kappa shape index (κ2) is 10.0. The molecule has 0 aromatic heterocycles. The van der Waals surface area contributed by atoms with E-state index in [1.165, 1.54) is 9.80 Å². The van der Waals surface area contributed by atoms with Gasteiger partial charge in [-0.25, -0.2) is 0 Å². The SMILES string of the molecule is N#CC1(C#N)CC([N+](=O)[O-])C2(C(=O)N(Cc3ccccc3)c3ccccc32)C12C(=O)N(Cc1ccc(Cl)cc1)c1ccccc12. The van der Waals surface area contributed by atoms with E-state index in [0.717, 1.165) is 5.56 Å². The van der Waals surface area contributed by atoms with E-state index in [-0.39, 0.29) is 24.2 Å². The number of nitriles is 2. The fraction of sp³-hybridized carbons (Fsp3) is 0.200. The minimum Gasteiger partial charge on any atom is -0.307 e. The van der Waals surface area contributed by atoms with Crippen LogP contribution in [-0.2, 0) is 33.5 Å². The molecule has 10 heteroatoms. The average Bonchev–Trinajstić information content (AvgIpc) is 3.59. The molecule has 2 amide bonds. The van der Waals surface area contributed by atoms with Crippen molar-refractivity contribution < 1.29 is 14.5 Å². The number of halogens is 1. The lowest BCUT2D eigenvalue weighted by atomic mass is 9.51. The highest BCUT2D eigenvalue weighted by molar-refractivity contribution is 6.30. The summed E-state index contributed by atoms with van der Waals surface area (Å²) in [6.07, 6.45) is -0.610. The van der Waals surface area contributed by atoms with Crippen molar-refractivity contribution in [1.29, 1.82) is 10.5 Å². The summed E-state index contributed by atoms with van der Waals surface area (Å²) in [5.41, 5.74) is -3.89. The molecule has 3 aliphatic rings. The number of carbonyl (C=O) groups is 2. The number of hydrogen-bond donors (Lipinski definition) is 0. The molecule has 7 rings (SSSR count). The third-order valence-electron chi connectivity index (χ3n) is 9.67. The summed E-state index contributed by atoms with van der Waals surface area (Å²) in [5, 5.41) is 35.4. The van der Waals surface area contributed by atoms with Crippen molar-refractivity contribution >= 4 is 34.8 Å². The summed E-state index contributed by atoms with van der Waals surface area (Å²) in [6.45, 7) is 0.111. The molecule has 45 heavy (non-hydrogen) atoms. The largest absolute Gasteiger partial charge is 0.307 e. The van der Waals surface area contributed by atoms with Crippen molar-refractivity contribution in [3.8, 4) is 12.1 Å². The Morgan fingerprint density at radius 3 is 1.87 bits per heavy atom. The van der Waals surface area contributed by atoms with Gasteiger partial charge in [-0.05, 0) is 46.5 Å². The monoisotopic (exact) mass is 613 g/mol. The van der Waals surface area contributed by atoms with Gasteiger partial charge in [-0.1, -0.05) is 90.5 Å². The minimum absolute atomic E-state index is 0.0322. The van der Waals surface area contributed by atoms with Gasteiger partial charge in [0, 0.05) is 21.3 Å². The fourth-order valence-electron chi connectivity index (χ4n) is 7.96. The van der Waals surface area contributed by atoms with Crippen LogP contribution in [0.2, 0.25) is 5.02 Å². The van der Waals surface area contributed by atoms with Gasteiger partial charge in [0.2, 0.25) is 17.9 Å². The molecule has 2 aliphatic heterocycles. The number of nitro groups is 1. The number of amides is 2. The summed E-state index contributed by atoms with van der Waals surface area (Å²) in [6, 6.07) is 31.9. The first-order valence-corrected chi connectivity index (χ1v) is 14.7. The summed E-state index contributed by atoms with van der Waals surface area (Å²) in [7, 11) is 0. The van der Waals surface area contributed by atoms with Gasteiger partial charge < -0.3 is 9.80 Å². The van der Waals surface area contributed by atoms with Crippen molar-refractivity contribution in [3.05, 3.63) is 141 Å². The third-order valence-corrected chi connectivity index (χ3v) is 9.92. The van der Waals surface area contributed by atoms with E-state index < -0.39 is 45.4 Å². The van der Waals surface area contributed by atoms with Crippen LogP contribution in [0.25, 0.3) is 0 Å². The molecular weight excluding hydrogens is 590 g/mol. The highest BCUT2D eigenvalue weighted by Gasteiger charge is 2.88. The van der Waals surface area contributed by atoms with Crippen LogP contribution in [0.1, 0.15) is 28.7 Å². The molecule has 3 unspecified atom stereocenters. The first-order chi connectivity index (χ1) is 21.8. The van der Waals surface area contributed by atoms with Gasteiger partial charge in [-0.3, -0.25) is 19.7 Å². The number of para-hydroxylation sites is 2. The zero-order valence-electron chi connectivity index (χ0n) is 23.8. The quantitative estimate of drug-likeness (QED) is 0.210. The Labute approximate surface area is 263 Å². The molecule has 220 valence electrons. The molecule has 0 saturated heterocycles. The lowest BCUT2D eigenvalue weighted by molar-refractivity contribution is -0.529. The lowest BCUT2D eigenvalue weighted by Gasteiger charge is -2.42. The lowest BCUT2D eigenvalue weighted by Crippen LogP contribution is -2.65. The van der Waals surface area contributed by atoms with E-state index in [4.69, 9.17) is 11.6 Å². The second-order valence-electron chi connectivity index (χ2n) is 11.6. The number of hydrogen-bond acceptors (Lipinski definition) is 6. The number of fused-ring (bicyclic) bond motifs is 5. The Morgan fingerprint density at radius 1 is 0.756 bits per heavy atom. The van der Waals surface area contributed by atoms with Gasteiger partial charge in [0.15, 0.2) is 10.8 Å². The Bertz CT molecular complexity index is 1970. The van der Waals surface area contributed by atoms with Crippen molar-refractivity contribution in [2.75, 3.05) is 9.80 Å². The van der Waals surface area contributed by atoms with Gasteiger partial charge in [-0.15, -0.1) is 0 Å². The maximum atomic E-state index is 15.3. The predicted octanol–water partition coefficient (Wildman–Crippen LogP) is 5.69. The zero-order valence-corrected chi connectivity index (χ0v) is 24.5. The molecule has 0 N–H and O–H groups in total. The van der Waals surface area contributed by atoms with Gasteiger partial charge in [-0.2, -0.15) is 10.5 Å². The molecule has 2 spiro atoms. The molecule has 4 aromatic carbocycles.